The minimum Gasteiger partial charge on any atom is -0.312 e. The molecule has 1 aliphatic rings. The van der Waals surface area contributed by atoms with E-state index in [0.717, 1.165) is 42.1 Å². The summed E-state index contributed by atoms with van der Waals surface area (Å²) in [6.45, 7) is 6.66. The fourth-order valence-corrected chi connectivity index (χ4v) is 3.16. The van der Waals surface area contributed by atoms with Crippen molar-refractivity contribution < 1.29 is 0 Å². The van der Waals surface area contributed by atoms with Crippen molar-refractivity contribution in [2.75, 3.05) is 19.6 Å². The summed E-state index contributed by atoms with van der Waals surface area (Å²) in [6.07, 6.45) is 5.73. The zero-order valence-corrected chi connectivity index (χ0v) is 12.7. The molecule has 0 amide bonds. The first-order chi connectivity index (χ1) is 9.78. The molecule has 2 aromatic rings. The van der Waals surface area contributed by atoms with Gasteiger partial charge >= 0.3 is 0 Å². The van der Waals surface area contributed by atoms with Crippen molar-refractivity contribution in [3.05, 3.63) is 23.7 Å². The average molecular weight is 293 g/mol. The lowest BCUT2D eigenvalue weighted by Crippen LogP contribution is -2.21. The molecule has 20 heavy (non-hydrogen) atoms. The van der Waals surface area contributed by atoms with Crippen molar-refractivity contribution in [2.24, 2.45) is 0 Å². The van der Waals surface area contributed by atoms with Gasteiger partial charge in [0.15, 0.2) is 5.65 Å². The quantitative estimate of drug-likeness (QED) is 0.795. The number of hydrogen-bond acceptors (Lipinski definition) is 3. The van der Waals surface area contributed by atoms with Gasteiger partial charge in [-0.15, -0.1) is 11.6 Å². The van der Waals surface area contributed by atoms with E-state index in [0.29, 0.717) is 5.88 Å². The van der Waals surface area contributed by atoms with E-state index < -0.39 is 0 Å². The lowest BCUT2D eigenvalue weighted by atomic mass is 10.3. The third-order valence-corrected chi connectivity index (χ3v) is 4.21. The maximum Gasteiger partial charge on any atom is 0.160 e. The van der Waals surface area contributed by atoms with Crippen LogP contribution >= 0.6 is 11.6 Å². The Labute approximate surface area is 124 Å². The molecule has 108 valence electrons. The van der Waals surface area contributed by atoms with Gasteiger partial charge in [-0.1, -0.05) is 0 Å². The van der Waals surface area contributed by atoms with E-state index in [1.54, 1.807) is 0 Å². The Morgan fingerprint density at radius 2 is 2.05 bits per heavy atom. The number of fused-ring (bicyclic) bond motifs is 1. The van der Waals surface area contributed by atoms with Gasteiger partial charge in [0.25, 0.3) is 0 Å². The highest BCUT2D eigenvalue weighted by Gasteiger charge is 2.13. The zero-order chi connectivity index (χ0) is 13.9. The van der Waals surface area contributed by atoms with Crippen LogP contribution in [0.25, 0.3) is 11.2 Å². The molecular formula is C15H21ClN4. The Hall–Kier alpha value is -1.13. The summed E-state index contributed by atoms with van der Waals surface area (Å²) >= 11 is 6.03. The molecule has 1 saturated heterocycles. The molecule has 0 unspecified atom stereocenters. The van der Waals surface area contributed by atoms with Crippen LogP contribution in [0.1, 0.15) is 30.7 Å². The average Bonchev–Trinajstić information content (AvgIpc) is 3.06. The summed E-state index contributed by atoms with van der Waals surface area (Å²) in [6, 6.07) is 2.08. The van der Waals surface area contributed by atoms with Gasteiger partial charge in [-0.3, -0.25) is 0 Å². The number of halogens is 1. The Morgan fingerprint density at radius 3 is 2.80 bits per heavy atom. The number of rotatable bonds is 5. The van der Waals surface area contributed by atoms with E-state index in [9.17, 15) is 0 Å². The number of aryl methyl sites for hydroxylation is 2. The number of aromatic nitrogens is 3. The van der Waals surface area contributed by atoms with Crippen LogP contribution in [0.2, 0.25) is 0 Å². The smallest absolute Gasteiger partial charge is 0.160 e. The van der Waals surface area contributed by atoms with Crippen LogP contribution in [-0.2, 0) is 12.4 Å². The number of hydrogen-bond donors (Lipinski definition) is 0. The van der Waals surface area contributed by atoms with Crippen LogP contribution in [0.4, 0.5) is 0 Å². The second-order valence-corrected chi connectivity index (χ2v) is 5.84. The Bertz CT molecular complexity index is 587. The molecule has 0 N–H and O–H groups in total. The Balaban J connectivity index is 1.75. The summed E-state index contributed by atoms with van der Waals surface area (Å²) in [5.41, 5.74) is 3.06. The standard InChI is InChI=1S/C15H21ClN4/c1-12-9-13-15(17-11-12)20(14(10-16)18-13)8-4-7-19-5-2-3-6-19/h9,11H,2-8,10H2,1H3. The zero-order valence-electron chi connectivity index (χ0n) is 12.0. The van der Waals surface area contributed by atoms with E-state index in [1.807, 2.05) is 13.1 Å². The molecule has 0 bridgehead atoms. The van der Waals surface area contributed by atoms with Gasteiger partial charge < -0.3 is 9.47 Å². The minimum absolute atomic E-state index is 0.444. The molecule has 0 aromatic carbocycles. The molecule has 5 heteroatoms. The molecule has 0 saturated carbocycles. The van der Waals surface area contributed by atoms with Crippen molar-refractivity contribution in [1.82, 2.24) is 19.4 Å². The molecule has 1 fully saturated rings. The second-order valence-electron chi connectivity index (χ2n) is 5.57. The fourth-order valence-electron chi connectivity index (χ4n) is 2.95. The largest absolute Gasteiger partial charge is 0.312 e. The van der Waals surface area contributed by atoms with Crippen LogP contribution in [0.5, 0.6) is 0 Å². The second kappa shape index (κ2) is 6.10. The van der Waals surface area contributed by atoms with Crippen LogP contribution in [0, 0.1) is 6.92 Å². The van der Waals surface area contributed by atoms with Crippen molar-refractivity contribution >= 4 is 22.8 Å². The third-order valence-electron chi connectivity index (χ3n) is 3.97. The fraction of sp³-hybridized carbons (Fsp3) is 0.600. The molecule has 0 atom stereocenters. The summed E-state index contributed by atoms with van der Waals surface area (Å²) < 4.78 is 2.18. The van der Waals surface area contributed by atoms with Gasteiger partial charge in [0.1, 0.15) is 11.3 Å². The number of alkyl halides is 1. The highest BCUT2D eigenvalue weighted by molar-refractivity contribution is 6.16. The van der Waals surface area contributed by atoms with E-state index in [2.05, 4.69) is 25.5 Å². The van der Waals surface area contributed by atoms with Gasteiger partial charge in [-0.2, -0.15) is 0 Å². The minimum atomic E-state index is 0.444. The Morgan fingerprint density at radius 1 is 1.25 bits per heavy atom. The lowest BCUT2D eigenvalue weighted by molar-refractivity contribution is 0.325. The van der Waals surface area contributed by atoms with E-state index >= 15 is 0 Å². The van der Waals surface area contributed by atoms with E-state index in [1.165, 1.54) is 25.9 Å². The van der Waals surface area contributed by atoms with Crippen molar-refractivity contribution in [3.63, 3.8) is 0 Å². The first kappa shape index (κ1) is 13.8. The molecule has 2 aromatic heterocycles. The molecule has 3 heterocycles. The van der Waals surface area contributed by atoms with E-state index in [-0.39, 0.29) is 0 Å². The highest BCUT2D eigenvalue weighted by atomic mass is 35.5. The van der Waals surface area contributed by atoms with Crippen molar-refractivity contribution in [2.45, 2.75) is 38.6 Å². The van der Waals surface area contributed by atoms with E-state index in [4.69, 9.17) is 11.6 Å². The molecular weight excluding hydrogens is 272 g/mol. The number of pyridine rings is 1. The predicted octanol–water partition coefficient (Wildman–Crippen LogP) is 2.96. The van der Waals surface area contributed by atoms with Crippen LogP contribution < -0.4 is 0 Å². The maximum atomic E-state index is 6.03. The van der Waals surface area contributed by atoms with Gasteiger partial charge in [-0.25, -0.2) is 9.97 Å². The lowest BCUT2D eigenvalue weighted by Gasteiger charge is -2.15. The molecule has 3 rings (SSSR count). The number of nitrogens with zero attached hydrogens (tertiary/aromatic N) is 4. The Kier molecular flexibility index (Phi) is 4.22. The summed E-state index contributed by atoms with van der Waals surface area (Å²) in [5.74, 6) is 1.38. The molecule has 0 spiro atoms. The monoisotopic (exact) mass is 292 g/mol. The van der Waals surface area contributed by atoms with Crippen molar-refractivity contribution in [1.29, 1.82) is 0 Å². The predicted molar refractivity (Wildman–Crippen MR) is 82.1 cm³/mol. The van der Waals surface area contributed by atoms with Crippen LogP contribution in [0.3, 0.4) is 0 Å². The highest BCUT2D eigenvalue weighted by Crippen LogP contribution is 2.17. The van der Waals surface area contributed by atoms with Gasteiger partial charge in [-0.05, 0) is 57.5 Å². The molecule has 0 radical (unpaired) electrons. The maximum absolute atomic E-state index is 6.03. The molecule has 1 aliphatic heterocycles. The van der Waals surface area contributed by atoms with Crippen LogP contribution in [-0.4, -0.2) is 39.1 Å². The normalized spacial score (nSPS) is 16.3. The first-order valence-corrected chi connectivity index (χ1v) is 7.91. The molecule has 4 nitrogen and oxygen atoms in total. The first-order valence-electron chi connectivity index (χ1n) is 7.38. The summed E-state index contributed by atoms with van der Waals surface area (Å²) in [5, 5.41) is 0. The van der Waals surface area contributed by atoms with Gasteiger partial charge in [0.05, 0.1) is 5.88 Å². The SMILES string of the molecule is Cc1cnc2c(c1)nc(CCl)n2CCCN1CCCC1. The number of imidazole rings is 1. The van der Waals surface area contributed by atoms with Gasteiger partial charge in [0, 0.05) is 12.7 Å². The summed E-state index contributed by atoms with van der Waals surface area (Å²) in [7, 11) is 0. The molecule has 0 aliphatic carbocycles. The topological polar surface area (TPSA) is 34.0 Å². The summed E-state index contributed by atoms with van der Waals surface area (Å²) in [4.78, 5) is 11.7. The number of likely N-dealkylation sites (tertiary alicyclic amines) is 1. The third kappa shape index (κ3) is 2.81. The van der Waals surface area contributed by atoms with Crippen LogP contribution in [0.15, 0.2) is 12.3 Å². The van der Waals surface area contributed by atoms with Crippen molar-refractivity contribution in [3.8, 4) is 0 Å². The van der Waals surface area contributed by atoms with Gasteiger partial charge in [0.2, 0.25) is 0 Å².